The maximum atomic E-state index is 5.23. The standard InChI is InChI=1S/C6H10O3.C3H10O2Si/c1(5-3-8-5)7-2-6-4-9-6;1-4-6(3)5-2/h5-6H,1-4H2;6H,1-3H3. The van der Waals surface area contributed by atoms with E-state index in [-0.39, 0.29) is 0 Å². The highest BCUT2D eigenvalue weighted by Crippen LogP contribution is 2.12. The van der Waals surface area contributed by atoms with Gasteiger partial charge in [0.1, 0.15) is 12.2 Å². The summed E-state index contributed by atoms with van der Waals surface area (Å²) in [6.45, 7) is 5.23. The molecule has 90 valence electrons. The van der Waals surface area contributed by atoms with Gasteiger partial charge in [-0.05, 0) is 6.55 Å². The van der Waals surface area contributed by atoms with Gasteiger partial charge in [-0.1, -0.05) is 0 Å². The molecule has 0 aliphatic carbocycles. The molecule has 2 heterocycles. The van der Waals surface area contributed by atoms with Crippen molar-refractivity contribution >= 4 is 9.28 Å². The molecular weight excluding hydrogens is 216 g/mol. The Bertz CT molecular complexity index is 145. The summed E-state index contributed by atoms with van der Waals surface area (Å²) in [5, 5.41) is 0. The Kier molecular flexibility index (Phi) is 6.38. The molecule has 0 aromatic rings. The normalized spacial score (nSPS) is 27.2. The van der Waals surface area contributed by atoms with E-state index in [2.05, 4.69) is 0 Å². The second-order valence-corrected chi connectivity index (χ2v) is 5.57. The molecule has 0 N–H and O–H groups in total. The fraction of sp³-hybridized carbons (Fsp3) is 1.00. The Labute approximate surface area is 92.4 Å². The van der Waals surface area contributed by atoms with Crippen LogP contribution in [0.25, 0.3) is 0 Å². The topological polar surface area (TPSA) is 52.8 Å². The first-order valence-electron chi connectivity index (χ1n) is 5.12. The first-order chi connectivity index (χ1) is 7.26. The van der Waals surface area contributed by atoms with Crippen molar-refractivity contribution in [2.45, 2.75) is 18.8 Å². The summed E-state index contributed by atoms with van der Waals surface area (Å²) in [6, 6.07) is 0. The van der Waals surface area contributed by atoms with Crippen LogP contribution >= 0.6 is 0 Å². The average molecular weight is 236 g/mol. The molecule has 2 unspecified atom stereocenters. The van der Waals surface area contributed by atoms with Crippen LogP contribution in [0.4, 0.5) is 0 Å². The third-order valence-electron chi connectivity index (χ3n) is 2.08. The van der Waals surface area contributed by atoms with Crippen molar-refractivity contribution in [3.8, 4) is 0 Å². The fourth-order valence-electron chi connectivity index (χ4n) is 0.756. The monoisotopic (exact) mass is 236 g/mol. The van der Waals surface area contributed by atoms with Crippen molar-refractivity contribution in [2.24, 2.45) is 0 Å². The van der Waals surface area contributed by atoms with Gasteiger partial charge in [0.05, 0.1) is 26.4 Å². The second-order valence-electron chi connectivity index (χ2n) is 3.49. The van der Waals surface area contributed by atoms with Gasteiger partial charge in [-0.2, -0.15) is 0 Å². The maximum Gasteiger partial charge on any atom is 0.317 e. The smallest absolute Gasteiger partial charge is 0.317 e. The molecule has 6 heteroatoms. The number of rotatable bonds is 6. The van der Waals surface area contributed by atoms with Crippen molar-refractivity contribution in [1.29, 1.82) is 0 Å². The van der Waals surface area contributed by atoms with Crippen molar-refractivity contribution < 1.29 is 23.1 Å². The zero-order chi connectivity index (χ0) is 11.1. The highest BCUT2D eigenvalue weighted by molar-refractivity contribution is 6.42. The molecule has 0 amide bonds. The minimum absolute atomic E-state index is 0.392. The molecule has 2 aliphatic rings. The SMILES string of the molecule is C(OCC1CO1)C1CO1.CO[SiH](C)OC. The lowest BCUT2D eigenvalue weighted by atomic mass is 10.5. The van der Waals surface area contributed by atoms with E-state index in [4.69, 9.17) is 23.1 Å². The molecule has 2 saturated heterocycles. The van der Waals surface area contributed by atoms with E-state index in [1.54, 1.807) is 14.2 Å². The van der Waals surface area contributed by atoms with Crippen LogP contribution in [0.2, 0.25) is 6.55 Å². The van der Waals surface area contributed by atoms with E-state index in [0.717, 1.165) is 26.4 Å². The Morgan fingerprint density at radius 2 is 1.47 bits per heavy atom. The van der Waals surface area contributed by atoms with Gasteiger partial charge in [0.15, 0.2) is 0 Å². The van der Waals surface area contributed by atoms with Crippen LogP contribution in [-0.4, -0.2) is 62.1 Å². The third-order valence-corrected chi connectivity index (χ3v) is 3.40. The van der Waals surface area contributed by atoms with Crippen LogP contribution in [0.3, 0.4) is 0 Å². The number of ether oxygens (including phenoxy) is 3. The number of epoxide rings is 2. The summed E-state index contributed by atoms with van der Waals surface area (Å²) in [4.78, 5) is 0. The second kappa shape index (κ2) is 7.32. The van der Waals surface area contributed by atoms with E-state index < -0.39 is 9.28 Å². The highest BCUT2D eigenvalue weighted by atomic mass is 28.3. The summed E-state index contributed by atoms with van der Waals surface area (Å²) in [6.07, 6.45) is 0.785. The van der Waals surface area contributed by atoms with Crippen LogP contribution in [0, 0.1) is 0 Å². The third kappa shape index (κ3) is 7.89. The zero-order valence-electron chi connectivity index (χ0n) is 9.60. The molecule has 2 rings (SSSR count). The Morgan fingerprint density at radius 3 is 1.67 bits per heavy atom. The zero-order valence-corrected chi connectivity index (χ0v) is 10.8. The number of hydrogen-bond donors (Lipinski definition) is 0. The van der Waals surface area contributed by atoms with E-state index in [1.165, 1.54) is 0 Å². The van der Waals surface area contributed by atoms with Crippen LogP contribution < -0.4 is 0 Å². The predicted octanol–water partition coefficient (Wildman–Crippen LogP) is -0.0699. The van der Waals surface area contributed by atoms with Crippen LogP contribution in [0.1, 0.15) is 0 Å². The first-order valence-corrected chi connectivity index (χ1v) is 7.22. The molecule has 2 aliphatic heterocycles. The van der Waals surface area contributed by atoms with E-state index in [0.29, 0.717) is 12.2 Å². The van der Waals surface area contributed by atoms with Crippen molar-refractivity contribution in [2.75, 3.05) is 40.6 Å². The van der Waals surface area contributed by atoms with Gasteiger partial charge in [-0.3, -0.25) is 0 Å². The van der Waals surface area contributed by atoms with Gasteiger partial charge in [-0.25, -0.2) is 0 Å². The molecule has 0 spiro atoms. The van der Waals surface area contributed by atoms with Crippen molar-refractivity contribution in [1.82, 2.24) is 0 Å². The van der Waals surface area contributed by atoms with Gasteiger partial charge in [-0.15, -0.1) is 0 Å². The Morgan fingerprint density at radius 1 is 1.07 bits per heavy atom. The van der Waals surface area contributed by atoms with Crippen molar-refractivity contribution in [3.63, 3.8) is 0 Å². The first kappa shape index (κ1) is 13.1. The Balaban J connectivity index is 0.000000167. The molecule has 0 aromatic heterocycles. The largest absolute Gasteiger partial charge is 0.400 e. The summed E-state index contributed by atoms with van der Waals surface area (Å²) in [7, 11) is 2.17. The maximum absolute atomic E-state index is 5.23. The van der Waals surface area contributed by atoms with E-state index in [9.17, 15) is 0 Å². The van der Waals surface area contributed by atoms with E-state index >= 15 is 0 Å². The molecule has 5 nitrogen and oxygen atoms in total. The molecule has 2 fully saturated rings. The fourth-order valence-corrected chi connectivity index (χ4v) is 0.948. The van der Waals surface area contributed by atoms with E-state index in [1.807, 2.05) is 6.55 Å². The quantitative estimate of drug-likeness (QED) is 0.477. The molecule has 0 aromatic carbocycles. The highest BCUT2D eigenvalue weighted by Gasteiger charge is 2.26. The minimum atomic E-state index is -1.16. The summed E-state index contributed by atoms with van der Waals surface area (Å²) in [5.41, 5.74) is 0. The minimum Gasteiger partial charge on any atom is -0.400 e. The lowest BCUT2D eigenvalue weighted by Gasteiger charge is -2.00. The molecule has 0 radical (unpaired) electrons. The van der Waals surface area contributed by atoms with Gasteiger partial charge < -0.3 is 23.1 Å². The van der Waals surface area contributed by atoms with Crippen molar-refractivity contribution in [3.05, 3.63) is 0 Å². The average Bonchev–Trinajstić information content (AvgIpc) is 3.11. The summed E-state index contributed by atoms with van der Waals surface area (Å²) < 4.78 is 24.8. The number of hydrogen-bond acceptors (Lipinski definition) is 5. The summed E-state index contributed by atoms with van der Waals surface area (Å²) in [5.74, 6) is 0. The lowest BCUT2D eigenvalue weighted by Crippen LogP contribution is -2.12. The summed E-state index contributed by atoms with van der Waals surface area (Å²) >= 11 is 0. The van der Waals surface area contributed by atoms with Gasteiger partial charge in [0, 0.05) is 14.2 Å². The lowest BCUT2D eigenvalue weighted by molar-refractivity contribution is 0.102. The van der Waals surface area contributed by atoms with Gasteiger partial charge >= 0.3 is 9.28 Å². The molecule has 0 saturated carbocycles. The predicted molar refractivity (Wildman–Crippen MR) is 57.3 cm³/mol. The Hall–Kier alpha value is 0.0169. The molecule has 2 atom stereocenters. The molecule has 0 bridgehead atoms. The van der Waals surface area contributed by atoms with Gasteiger partial charge in [0.25, 0.3) is 0 Å². The van der Waals surface area contributed by atoms with Crippen LogP contribution in [0.5, 0.6) is 0 Å². The molecular formula is C9H20O5Si. The van der Waals surface area contributed by atoms with Crippen LogP contribution in [-0.2, 0) is 23.1 Å². The van der Waals surface area contributed by atoms with Gasteiger partial charge in [0.2, 0.25) is 0 Å². The molecule has 15 heavy (non-hydrogen) atoms. The van der Waals surface area contributed by atoms with Crippen LogP contribution in [0.15, 0.2) is 0 Å².